The van der Waals surface area contributed by atoms with Crippen molar-refractivity contribution in [3.63, 3.8) is 0 Å². The minimum absolute atomic E-state index is 0.256. The molecule has 1 fully saturated rings. The number of rotatable bonds is 3. The summed E-state index contributed by atoms with van der Waals surface area (Å²) in [5, 5.41) is 3.00. The molecular weight excluding hydrogens is 138 g/mol. The summed E-state index contributed by atoms with van der Waals surface area (Å²) in [6.07, 6.45) is 2.19. The van der Waals surface area contributed by atoms with E-state index in [0.717, 1.165) is 12.8 Å². The SMILES string of the molecule is CC(C)C(C)NC(=O)C1CC1. The number of amides is 1. The number of hydrogen-bond acceptors (Lipinski definition) is 1. The highest BCUT2D eigenvalue weighted by atomic mass is 16.2. The van der Waals surface area contributed by atoms with Crippen molar-refractivity contribution in [2.75, 3.05) is 0 Å². The molecular formula is C9H17NO. The summed E-state index contributed by atoms with van der Waals surface area (Å²) in [5.41, 5.74) is 0. The Balaban J connectivity index is 2.23. The van der Waals surface area contributed by atoms with Crippen LogP contribution < -0.4 is 5.32 Å². The van der Waals surface area contributed by atoms with Crippen molar-refractivity contribution in [1.29, 1.82) is 0 Å². The third-order valence-corrected chi connectivity index (χ3v) is 2.32. The van der Waals surface area contributed by atoms with Crippen molar-refractivity contribution in [3.8, 4) is 0 Å². The first-order valence-electron chi connectivity index (χ1n) is 4.41. The van der Waals surface area contributed by atoms with Crippen LogP contribution in [0.25, 0.3) is 0 Å². The molecule has 1 aliphatic rings. The molecule has 0 spiro atoms. The van der Waals surface area contributed by atoms with Gasteiger partial charge < -0.3 is 5.32 Å². The van der Waals surface area contributed by atoms with E-state index in [-0.39, 0.29) is 5.91 Å². The highest BCUT2D eigenvalue weighted by molar-refractivity contribution is 5.81. The van der Waals surface area contributed by atoms with Gasteiger partial charge in [0.15, 0.2) is 0 Å². The van der Waals surface area contributed by atoms with Gasteiger partial charge in [0.25, 0.3) is 0 Å². The first kappa shape index (κ1) is 8.57. The third-order valence-electron chi connectivity index (χ3n) is 2.32. The number of carbonyl (C=O) groups excluding carboxylic acids is 1. The number of carbonyl (C=O) groups is 1. The third kappa shape index (κ3) is 2.52. The number of hydrogen-bond donors (Lipinski definition) is 1. The Labute approximate surface area is 68.4 Å². The minimum Gasteiger partial charge on any atom is -0.353 e. The second kappa shape index (κ2) is 3.24. The van der Waals surface area contributed by atoms with Gasteiger partial charge >= 0.3 is 0 Å². The van der Waals surface area contributed by atoms with E-state index in [4.69, 9.17) is 0 Å². The summed E-state index contributed by atoms with van der Waals surface area (Å²) >= 11 is 0. The number of nitrogens with one attached hydrogen (secondary N) is 1. The maximum atomic E-state index is 11.2. The van der Waals surface area contributed by atoms with Crippen LogP contribution in [-0.2, 0) is 4.79 Å². The molecule has 1 saturated carbocycles. The summed E-state index contributed by atoms with van der Waals surface area (Å²) in [7, 11) is 0. The molecule has 2 nitrogen and oxygen atoms in total. The van der Waals surface area contributed by atoms with Gasteiger partial charge in [-0.1, -0.05) is 13.8 Å². The van der Waals surface area contributed by atoms with E-state index in [1.807, 2.05) is 0 Å². The van der Waals surface area contributed by atoms with Crippen LogP contribution >= 0.6 is 0 Å². The van der Waals surface area contributed by atoms with Gasteiger partial charge in [-0.2, -0.15) is 0 Å². The predicted molar refractivity (Wildman–Crippen MR) is 45.2 cm³/mol. The lowest BCUT2D eigenvalue weighted by atomic mass is 10.1. The molecule has 0 aromatic rings. The van der Waals surface area contributed by atoms with Crippen molar-refractivity contribution >= 4 is 5.91 Å². The normalized spacial score (nSPS) is 20.0. The molecule has 1 N–H and O–H groups in total. The monoisotopic (exact) mass is 155 g/mol. The molecule has 1 rings (SSSR count). The zero-order valence-corrected chi connectivity index (χ0v) is 7.55. The topological polar surface area (TPSA) is 29.1 Å². The van der Waals surface area contributed by atoms with Gasteiger partial charge in [0, 0.05) is 12.0 Å². The van der Waals surface area contributed by atoms with Crippen molar-refractivity contribution in [2.24, 2.45) is 11.8 Å². The molecule has 1 amide bonds. The molecule has 0 saturated heterocycles. The molecule has 11 heavy (non-hydrogen) atoms. The van der Waals surface area contributed by atoms with Crippen LogP contribution in [0.4, 0.5) is 0 Å². The van der Waals surface area contributed by atoms with Gasteiger partial charge in [-0.25, -0.2) is 0 Å². The lowest BCUT2D eigenvalue weighted by Gasteiger charge is -2.16. The minimum atomic E-state index is 0.256. The van der Waals surface area contributed by atoms with E-state index in [9.17, 15) is 4.79 Å². The second-order valence-electron chi connectivity index (χ2n) is 3.82. The Morgan fingerprint density at radius 1 is 1.36 bits per heavy atom. The highest BCUT2D eigenvalue weighted by Crippen LogP contribution is 2.29. The largest absolute Gasteiger partial charge is 0.353 e. The Kier molecular flexibility index (Phi) is 2.53. The van der Waals surface area contributed by atoms with E-state index in [1.165, 1.54) is 0 Å². The molecule has 0 bridgehead atoms. The first-order chi connectivity index (χ1) is 5.11. The van der Waals surface area contributed by atoms with Crippen LogP contribution in [0, 0.1) is 11.8 Å². The molecule has 0 radical (unpaired) electrons. The predicted octanol–water partition coefficient (Wildman–Crippen LogP) is 1.56. The zero-order valence-electron chi connectivity index (χ0n) is 7.55. The van der Waals surface area contributed by atoms with Gasteiger partial charge in [0.1, 0.15) is 0 Å². The Bertz CT molecular complexity index is 150. The van der Waals surface area contributed by atoms with E-state index in [1.54, 1.807) is 0 Å². The van der Waals surface area contributed by atoms with Crippen LogP contribution in [0.15, 0.2) is 0 Å². The van der Waals surface area contributed by atoms with Gasteiger partial charge in [0.05, 0.1) is 0 Å². The van der Waals surface area contributed by atoms with E-state index < -0.39 is 0 Å². The smallest absolute Gasteiger partial charge is 0.223 e. The summed E-state index contributed by atoms with van der Waals surface area (Å²) in [6.45, 7) is 6.31. The maximum Gasteiger partial charge on any atom is 0.223 e. The summed E-state index contributed by atoms with van der Waals surface area (Å²) in [6, 6.07) is 0.322. The van der Waals surface area contributed by atoms with Gasteiger partial charge in [-0.3, -0.25) is 4.79 Å². The first-order valence-corrected chi connectivity index (χ1v) is 4.41. The van der Waals surface area contributed by atoms with E-state index >= 15 is 0 Å². The zero-order chi connectivity index (χ0) is 8.43. The standard InChI is InChI=1S/C9H17NO/c1-6(2)7(3)10-9(11)8-4-5-8/h6-8H,4-5H2,1-3H3,(H,10,11). The molecule has 0 aliphatic heterocycles. The van der Waals surface area contributed by atoms with Crippen LogP contribution in [0.1, 0.15) is 33.6 Å². The van der Waals surface area contributed by atoms with Gasteiger partial charge in [0.2, 0.25) is 5.91 Å². The van der Waals surface area contributed by atoms with E-state index in [0.29, 0.717) is 17.9 Å². The van der Waals surface area contributed by atoms with Crippen molar-refractivity contribution in [2.45, 2.75) is 39.7 Å². The van der Waals surface area contributed by atoms with Crippen LogP contribution in [0.5, 0.6) is 0 Å². The quantitative estimate of drug-likeness (QED) is 0.658. The fourth-order valence-corrected chi connectivity index (χ4v) is 0.854. The molecule has 0 aromatic carbocycles. The Morgan fingerprint density at radius 3 is 2.27 bits per heavy atom. The fraction of sp³-hybridized carbons (Fsp3) is 0.889. The second-order valence-corrected chi connectivity index (χ2v) is 3.82. The lowest BCUT2D eigenvalue weighted by Crippen LogP contribution is -2.36. The average molecular weight is 155 g/mol. The van der Waals surface area contributed by atoms with Crippen LogP contribution in [0.3, 0.4) is 0 Å². The summed E-state index contributed by atoms with van der Waals surface area (Å²) in [4.78, 5) is 11.2. The molecule has 1 aliphatic carbocycles. The Hall–Kier alpha value is -0.530. The molecule has 0 aromatic heterocycles. The van der Waals surface area contributed by atoms with Crippen LogP contribution in [0.2, 0.25) is 0 Å². The van der Waals surface area contributed by atoms with Crippen molar-refractivity contribution in [1.82, 2.24) is 5.32 Å². The summed E-state index contributed by atoms with van der Waals surface area (Å²) < 4.78 is 0. The molecule has 2 heteroatoms. The van der Waals surface area contributed by atoms with Crippen LogP contribution in [-0.4, -0.2) is 11.9 Å². The highest BCUT2D eigenvalue weighted by Gasteiger charge is 2.30. The molecule has 1 unspecified atom stereocenters. The molecule has 1 atom stereocenters. The molecule has 0 heterocycles. The maximum absolute atomic E-state index is 11.2. The van der Waals surface area contributed by atoms with Gasteiger partial charge in [-0.15, -0.1) is 0 Å². The van der Waals surface area contributed by atoms with Gasteiger partial charge in [-0.05, 0) is 25.7 Å². The van der Waals surface area contributed by atoms with E-state index in [2.05, 4.69) is 26.1 Å². The Morgan fingerprint density at radius 2 is 1.91 bits per heavy atom. The lowest BCUT2D eigenvalue weighted by molar-refractivity contribution is -0.123. The van der Waals surface area contributed by atoms with Crippen molar-refractivity contribution in [3.05, 3.63) is 0 Å². The van der Waals surface area contributed by atoms with Crippen molar-refractivity contribution < 1.29 is 4.79 Å². The molecule has 64 valence electrons. The summed E-state index contributed by atoms with van der Waals surface area (Å²) in [5.74, 6) is 1.14. The fourth-order valence-electron chi connectivity index (χ4n) is 0.854. The average Bonchev–Trinajstić information content (AvgIpc) is 2.67.